The predicted molar refractivity (Wildman–Crippen MR) is 119 cm³/mol. The van der Waals surface area contributed by atoms with Gasteiger partial charge in [-0.05, 0) is 39.4 Å². The number of rotatable bonds is 3. The number of ether oxygens (including phenoxy) is 1. The molecule has 0 N–H and O–H groups in total. The number of halogens is 3. The minimum absolute atomic E-state index is 0.0626. The van der Waals surface area contributed by atoms with Gasteiger partial charge in [-0.2, -0.15) is 5.10 Å². The minimum Gasteiger partial charge on any atom is -0.486 e. The number of fused-ring (bicyclic) bond motifs is 3. The molecule has 174 valence electrons. The van der Waals surface area contributed by atoms with Crippen LogP contribution >= 0.6 is 11.6 Å². The molecular weight excluding hydrogens is 452 g/mol. The largest absolute Gasteiger partial charge is 0.486 e. The first kappa shape index (κ1) is 22.0. The van der Waals surface area contributed by atoms with E-state index in [4.69, 9.17) is 16.3 Å². The molecule has 1 fully saturated rings. The van der Waals surface area contributed by atoms with E-state index in [1.165, 1.54) is 12.1 Å². The van der Waals surface area contributed by atoms with Crippen molar-refractivity contribution in [3.63, 3.8) is 0 Å². The lowest BCUT2D eigenvalue weighted by atomic mass is 10.1. The fourth-order valence-electron chi connectivity index (χ4n) is 4.53. The number of aryl methyl sites for hydroxylation is 2. The summed E-state index contributed by atoms with van der Waals surface area (Å²) in [6.07, 6.45) is -1.49. The zero-order valence-electron chi connectivity index (χ0n) is 18.6. The van der Waals surface area contributed by atoms with Crippen LogP contribution in [-0.2, 0) is 13.1 Å². The van der Waals surface area contributed by atoms with Crippen LogP contribution in [-0.4, -0.2) is 62.7 Å². The average Bonchev–Trinajstić information content (AvgIpc) is 3.33. The maximum Gasteiger partial charge on any atom is 0.258 e. The predicted octanol–water partition coefficient (Wildman–Crippen LogP) is 3.72. The van der Waals surface area contributed by atoms with E-state index in [9.17, 15) is 13.6 Å². The summed E-state index contributed by atoms with van der Waals surface area (Å²) in [5, 5.41) is 5.16. The van der Waals surface area contributed by atoms with Crippen molar-refractivity contribution in [3.8, 4) is 5.75 Å². The summed E-state index contributed by atoms with van der Waals surface area (Å²) >= 11 is 6.31. The highest BCUT2D eigenvalue weighted by Gasteiger charge is 2.34. The maximum absolute atomic E-state index is 14.5. The Morgan fingerprint density at radius 1 is 1.27 bits per heavy atom. The van der Waals surface area contributed by atoms with Gasteiger partial charge in [0.1, 0.15) is 23.8 Å². The molecule has 4 heterocycles. The molecule has 1 amide bonds. The Labute approximate surface area is 194 Å². The summed E-state index contributed by atoms with van der Waals surface area (Å²) in [7, 11) is 1.84. The van der Waals surface area contributed by atoms with E-state index in [2.05, 4.69) is 10.1 Å². The molecule has 0 radical (unpaired) electrons. The molecule has 0 bridgehead atoms. The number of amides is 1. The van der Waals surface area contributed by atoms with Gasteiger partial charge in [0.15, 0.2) is 5.65 Å². The first-order chi connectivity index (χ1) is 15.7. The number of hydrogen-bond acceptors (Lipinski definition) is 5. The van der Waals surface area contributed by atoms with Crippen LogP contribution in [0.15, 0.2) is 18.2 Å². The van der Waals surface area contributed by atoms with Crippen LogP contribution in [0.2, 0.25) is 5.02 Å². The molecule has 1 aromatic carbocycles. The number of carbonyl (C=O) groups is 1. The molecule has 2 aliphatic heterocycles. The highest BCUT2D eigenvalue weighted by atomic mass is 35.5. The van der Waals surface area contributed by atoms with E-state index in [-0.39, 0.29) is 30.3 Å². The molecular formula is C23H24ClF2N5O2. The van der Waals surface area contributed by atoms with Crippen molar-refractivity contribution in [1.82, 2.24) is 24.4 Å². The molecule has 2 atom stereocenters. The number of piperidine rings is 1. The van der Waals surface area contributed by atoms with Gasteiger partial charge in [-0.15, -0.1) is 0 Å². The van der Waals surface area contributed by atoms with Crippen molar-refractivity contribution >= 4 is 23.2 Å². The van der Waals surface area contributed by atoms with Crippen molar-refractivity contribution in [3.05, 3.63) is 57.2 Å². The van der Waals surface area contributed by atoms with Gasteiger partial charge in [-0.1, -0.05) is 11.6 Å². The van der Waals surface area contributed by atoms with Gasteiger partial charge in [0.2, 0.25) is 0 Å². The smallest absolute Gasteiger partial charge is 0.258 e. The zero-order valence-corrected chi connectivity index (χ0v) is 19.4. The first-order valence-corrected chi connectivity index (χ1v) is 11.2. The maximum atomic E-state index is 14.5. The summed E-state index contributed by atoms with van der Waals surface area (Å²) in [4.78, 5) is 21.4. The second kappa shape index (κ2) is 8.22. The fraction of sp³-hybridized carbons (Fsp3) is 0.435. The summed E-state index contributed by atoms with van der Waals surface area (Å²) in [5.41, 5.74) is 3.95. The fourth-order valence-corrected chi connectivity index (χ4v) is 4.65. The quantitative estimate of drug-likeness (QED) is 0.578. The van der Waals surface area contributed by atoms with E-state index >= 15 is 0 Å². The number of aromatic nitrogens is 3. The highest BCUT2D eigenvalue weighted by Crippen LogP contribution is 2.32. The van der Waals surface area contributed by atoms with Crippen LogP contribution in [0.1, 0.15) is 39.4 Å². The van der Waals surface area contributed by atoms with Crippen LogP contribution < -0.4 is 4.74 Å². The lowest BCUT2D eigenvalue weighted by Crippen LogP contribution is -2.45. The van der Waals surface area contributed by atoms with Gasteiger partial charge in [-0.25, -0.2) is 18.3 Å². The monoisotopic (exact) mass is 475 g/mol. The Balaban J connectivity index is 1.41. The number of alkyl halides is 1. The molecule has 1 saturated heterocycles. The molecule has 0 spiro atoms. The van der Waals surface area contributed by atoms with E-state index in [0.29, 0.717) is 35.9 Å². The summed E-state index contributed by atoms with van der Waals surface area (Å²) in [5.74, 6) is -0.807. The Kier molecular flexibility index (Phi) is 5.49. The SMILES string of the molecule is Cc1nc2c3c(nn2c(C)c1Cl)CN(C(=O)c1ccc(F)cc1OC1CCN(C)CC1F)C3. The standard InChI is InChI=1S/C23H24ClF2N5O2/c1-12-21(24)13(2)31-22(27-12)16-9-30(11-18(16)28-31)23(32)15-5-4-14(25)8-20(15)33-19-6-7-29(3)10-17(19)26/h4-5,8,17,19H,6-7,9-11H2,1-3H3. The van der Waals surface area contributed by atoms with E-state index in [0.717, 1.165) is 23.0 Å². The molecule has 3 aromatic rings. The van der Waals surface area contributed by atoms with Gasteiger partial charge in [0, 0.05) is 24.7 Å². The molecule has 0 aliphatic carbocycles. The normalized spacial score (nSPS) is 21.0. The Morgan fingerprint density at radius 2 is 2.06 bits per heavy atom. The van der Waals surface area contributed by atoms with Crippen molar-refractivity contribution in [1.29, 1.82) is 0 Å². The van der Waals surface area contributed by atoms with Crippen LogP contribution in [0, 0.1) is 19.7 Å². The van der Waals surface area contributed by atoms with E-state index < -0.39 is 18.1 Å². The number of likely N-dealkylation sites (tertiary alicyclic amines) is 1. The van der Waals surface area contributed by atoms with Gasteiger partial charge < -0.3 is 14.5 Å². The molecule has 2 unspecified atom stereocenters. The summed E-state index contributed by atoms with van der Waals surface area (Å²) in [6, 6.07) is 3.76. The average molecular weight is 476 g/mol. The number of benzene rings is 1. The van der Waals surface area contributed by atoms with Crippen molar-refractivity contribution < 1.29 is 18.3 Å². The third-order valence-electron chi connectivity index (χ3n) is 6.38. The van der Waals surface area contributed by atoms with Crippen molar-refractivity contribution in [2.45, 2.75) is 45.6 Å². The molecule has 5 rings (SSSR count). The molecule has 2 aliphatic rings. The lowest BCUT2D eigenvalue weighted by Gasteiger charge is -2.33. The van der Waals surface area contributed by atoms with Crippen LogP contribution in [0.4, 0.5) is 8.78 Å². The van der Waals surface area contributed by atoms with Crippen LogP contribution in [0.3, 0.4) is 0 Å². The second-order valence-electron chi connectivity index (χ2n) is 8.78. The minimum atomic E-state index is -1.22. The highest BCUT2D eigenvalue weighted by molar-refractivity contribution is 6.31. The molecule has 2 aromatic heterocycles. The Hall–Kier alpha value is -2.78. The molecule has 0 saturated carbocycles. The van der Waals surface area contributed by atoms with Crippen LogP contribution in [0.5, 0.6) is 5.75 Å². The van der Waals surface area contributed by atoms with Gasteiger partial charge >= 0.3 is 0 Å². The second-order valence-corrected chi connectivity index (χ2v) is 9.16. The lowest BCUT2D eigenvalue weighted by molar-refractivity contribution is 0.0300. The van der Waals surface area contributed by atoms with Crippen molar-refractivity contribution in [2.24, 2.45) is 0 Å². The Morgan fingerprint density at radius 3 is 2.82 bits per heavy atom. The van der Waals surface area contributed by atoms with Crippen LogP contribution in [0.25, 0.3) is 5.65 Å². The molecule has 10 heteroatoms. The number of nitrogens with zero attached hydrogens (tertiary/aromatic N) is 5. The summed E-state index contributed by atoms with van der Waals surface area (Å²) < 4.78 is 36.1. The van der Waals surface area contributed by atoms with E-state index in [1.807, 2.05) is 25.8 Å². The zero-order chi connectivity index (χ0) is 23.4. The van der Waals surface area contributed by atoms with Crippen molar-refractivity contribution in [2.75, 3.05) is 20.1 Å². The van der Waals surface area contributed by atoms with Gasteiger partial charge in [0.05, 0.1) is 40.8 Å². The topological polar surface area (TPSA) is 63.0 Å². The molecule has 33 heavy (non-hydrogen) atoms. The third kappa shape index (κ3) is 3.83. The Bertz CT molecular complexity index is 1260. The number of carbonyl (C=O) groups excluding carboxylic acids is 1. The molecule has 7 nitrogen and oxygen atoms in total. The van der Waals surface area contributed by atoms with Gasteiger partial charge in [0.25, 0.3) is 5.91 Å². The summed E-state index contributed by atoms with van der Waals surface area (Å²) in [6.45, 7) is 5.20. The third-order valence-corrected chi connectivity index (χ3v) is 6.93. The number of hydrogen-bond donors (Lipinski definition) is 0. The van der Waals surface area contributed by atoms with E-state index in [1.54, 1.807) is 9.42 Å². The first-order valence-electron chi connectivity index (χ1n) is 10.8. The van der Waals surface area contributed by atoms with Gasteiger partial charge in [-0.3, -0.25) is 4.79 Å².